The summed E-state index contributed by atoms with van der Waals surface area (Å²) in [6.07, 6.45) is 2.66. The minimum atomic E-state index is -0.336. The first-order valence-corrected chi connectivity index (χ1v) is 6.09. The first-order chi connectivity index (χ1) is 9.06. The molecule has 2 N–H and O–H groups in total. The van der Waals surface area contributed by atoms with E-state index in [1.165, 1.54) is 13.8 Å². The summed E-state index contributed by atoms with van der Waals surface area (Å²) in [5.74, 6) is 0.157. The Bertz CT molecular complexity index is 616. The molecule has 0 fully saturated rings. The number of hydrogen-bond donors (Lipinski definition) is 2. The van der Waals surface area contributed by atoms with Crippen LogP contribution in [0.5, 0.6) is 5.75 Å². The number of ether oxygens (including phenoxy) is 1. The average molecular weight is 260 g/mol. The van der Waals surface area contributed by atoms with E-state index >= 15 is 0 Å². The summed E-state index contributed by atoms with van der Waals surface area (Å²) in [5.41, 5.74) is 2.04. The molecule has 0 saturated heterocycles. The fourth-order valence-corrected chi connectivity index (χ4v) is 1.97. The molecule has 1 aromatic carbocycles. The molecule has 1 amide bonds. The largest absolute Gasteiger partial charge is 0.427 e. The lowest BCUT2D eigenvalue weighted by Gasteiger charge is -2.03. The van der Waals surface area contributed by atoms with E-state index in [9.17, 15) is 9.59 Å². The normalized spacial score (nSPS) is 10.4. The molecule has 0 spiro atoms. The van der Waals surface area contributed by atoms with Gasteiger partial charge < -0.3 is 15.0 Å². The van der Waals surface area contributed by atoms with Gasteiger partial charge in [-0.25, -0.2) is 0 Å². The van der Waals surface area contributed by atoms with Gasteiger partial charge in [-0.05, 0) is 24.1 Å². The van der Waals surface area contributed by atoms with Crippen molar-refractivity contribution in [3.8, 4) is 5.75 Å². The topological polar surface area (TPSA) is 71.2 Å². The molecule has 2 aromatic rings. The molecule has 0 radical (unpaired) electrons. The summed E-state index contributed by atoms with van der Waals surface area (Å²) in [5, 5.41) is 3.83. The lowest BCUT2D eigenvalue weighted by atomic mass is 10.1. The predicted molar refractivity (Wildman–Crippen MR) is 72.0 cm³/mol. The second-order valence-electron chi connectivity index (χ2n) is 4.35. The summed E-state index contributed by atoms with van der Waals surface area (Å²) >= 11 is 0. The number of aromatic amines is 1. The van der Waals surface area contributed by atoms with Crippen molar-refractivity contribution in [1.82, 2.24) is 10.3 Å². The highest BCUT2D eigenvalue weighted by molar-refractivity contribution is 5.85. The van der Waals surface area contributed by atoms with E-state index in [4.69, 9.17) is 4.74 Å². The molecule has 0 aliphatic carbocycles. The van der Waals surface area contributed by atoms with Crippen molar-refractivity contribution < 1.29 is 14.3 Å². The Morgan fingerprint density at radius 1 is 1.32 bits per heavy atom. The van der Waals surface area contributed by atoms with Gasteiger partial charge in [-0.1, -0.05) is 0 Å². The van der Waals surface area contributed by atoms with Crippen LogP contribution in [0.25, 0.3) is 10.9 Å². The zero-order chi connectivity index (χ0) is 13.8. The SMILES string of the molecule is CC(=O)NCCc1c[nH]c2cc(OC(C)=O)ccc12. The molecule has 5 nitrogen and oxygen atoms in total. The van der Waals surface area contributed by atoms with Gasteiger partial charge >= 0.3 is 5.97 Å². The number of esters is 1. The highest BCUT2D eigenvalue weighted by atomic mass is 16.5. The number of rotatable bonds is 4. The summed E-state index contributed by atoms with van der Waals surface area (Å²) < 4.78 is 5.03. The Hall–Kier alpha value is -2.30. The number of carbonyl (C=O) groups excluding carboxylic acids is 2. The molecule has 1 heterocycles. The summed E-state index contributed by atoms with van der Waals surface area (Å²) in [7, 11) is 0. The van der Waals surface area contributed by atoms with Crippen molar-refractivity contribution in [1.29, 1.82) is 0 Å². The summed E-state index contributed by atoms with van der Waals surface area (Å²) in [4.78, 5) is 24.8. The van der Waals surface area contributed by atoms with Crippen LogP contribution in [0.3, 0.4) is 0 Å². The van der Waals surface area contributed by atoms with E-state index in [1.54, 1.807) is 12.1 Å². The third kappa shape index (κ3) is 3.34. The van der Waals surface area contributed by atoms with Gasteiger partial charge in [0.1, 0.15) is 5.75 Å². The molecule has 0 unspecified atom stereocenters. The molecule has 0 bridgehead atoms. The fraction of sp³-hybridized carbons (Fsp3) is 0.286. The Morgan fingerprint density at radius 3 is 2.79 bits per heavy atom. The van der Waals surface area contributed by atoms with Crippen molar-refractivity contribution >= 4 is 22.8 Å². The monoisotopic (exact) mass is 260 g/mol. The second-order valence-corrected chi connectivity index (χ2v) is 4.35. The number of carbonyl (C=O) groups is 2. The molecule has 2 rings (SSSR count). The third-order valence-electron chi connectivity index (χ3n) is 2.77. The molecular formula is C14H16N2O3. The van der Waals surface area contributed by atoms with Gasteiger partial charge in [-0.2, -0.15) is 0 Å². The van der Waals surface area contributed by atoms with Crippen LogP contribution in [0.2, 0.25) is 0 Å². The van der Waals surface area contributed by atoms with Crippen LogP contribution in [0, 0.1) is 0 Å². The van der Waals surface area contributed by atoms with Gasteiger partial charge in [0.15, 0.2) is 0 Å². The van der Waals surface area contributed by atoms with Crippen LogP contribution in [-0.4, -0.2) is 23.4 Å². The zero-order valence-corrected chi connectivity index (χ0v) is 10.9. The van der Waals surface area contributed by atoms with Crippen molar-refractivity contribution in [3.05, 3.63) is 30.0 Å². The molecule has 100 valence electrons. The van der Waals surface area contributed by atoms with Crippen molar-refractivity contribution in [2.24, 2.45) is 0 Å². The number of nitrogens with one attached hydrogen (secondary N) is 2. The molecule has 0 aliphatic heterocycles. The van der Waals surface area contributed by atoms with Crippen molar-refractivity contribution in [2.45, 2.75) is 20.3 Å². The zero-order valence-electron chi connectivity index (χ0n) is 10.9. The number of fused-ring (bicyclic) bond motifs is 1. The van der Waals surface area contributed by atoms with Crippen LogP contribution >= 0.6 is 0 Å². The van der Waals surface area contributed by atoms with E-state index in [2.05, 4.69) is 10.3 Å². The summed E-state index contributed by atoms with van der Waals surface area (Å²) in [6, 6.07) is 5.46. The maximum atomic E-state index is 10.9. The average Bonchev–Trinajstić information content (AvgIpc) is 2.70. The van der Waals surface area contributed by atoms with E-state index in [0.717, 1.165) is 22.9 Å². The van der Waals surface area contributed by atoms with Gasteiger partial charge in [0, 0.05) is 43.6 Å². The van der Waals surface area contributed by atoms with Gasteiger partial charge in [0.25, 0.3) is 0 Å². The van der Waals surface area contributed by atoms with Gasteiger partial charge in [-0.15, -0.1) is 0 Å². The maximum absolute atomic E-state index is 10.9. The number of benzene rings is 1. The van der Waals surface area contributed by atoms with Crippen LogP contribution < -0.4 is 10.1 Å². The Balaban J connectivity index is 2.14. The van der Waals surface area contributed by atoms with Crippen molar-refractivity contribution in [3.63, 3.8) is 0 Å². The molecule has 0 aliphatic rings. The number of H-pyrrole nitrogens is 1. The van der Waals surface area contributed by atoms with Crippen LogP contribution in [0.4, 0.5) is 0 Å². The maximum Gasteiger partial charge on any atom is 0.308 e. The molecule has 0 atom stereocenters. The molecular weight excluding hydrogens is 244 g/mol. The van der Waals surface area contributed by atoms with E-state index in [0.29, 0.717) is 12.3 Å². The minimum Gasteiger partial charge on any atom is -0.427 e. The van der Waals surface area contributed by atoms with Gasteiger partial charge in [0.2, 0.25) is 5.91 Å². The first-order valence-electron chi connectivity index (χ1n) is 6.09. The van der Waals surface area contributed by atoms with Crippen LogP contribution in [0.1, 0.15) is 19.4 Å². The van der Waals surface area contributed by atoms with Crippen LogP contribution in [0.15, 0.2) is 24.4 Å². The molecule has 0 saturated carbocycles. The lowest BCUT2D eigenvalue weighted by Crippen LogP contribution is -2.22. The molecule has 1 aromatic heterocycles. The predicted octanol–water partition coefficient (Wildman–Crippen LogP) is 1.77. The van der Waals surface area contributed by atoms with Gasteiger partial charge in [0.05, 0.1) is 0 Å². The van der Waals surface area contributed by atoms with E-state index < -0.39 is 0 Å². The van der Waals surface area contributed by atoms with E-state index in [-0.39, 0.29) is 11.9 Å². The Kier molecular flexibility index (Phi) is 3.85. The standard InChI is InChI=1S/C14H16N2O3/c1-9(17)15-6-5-11-8-16-14-7-12(19-10(2)18)3-4-13(11)14/h3-4,7-8,16H,5-6H2,1-2H3,(H,15,17). The minimum absolute atomic E-state index is 0.0306. The third-order valence-corrected chi connectivity index (χ3v) is 2.77. The molecule has 19 heavy (non-hydrogen) atoms. The quantitative estimate of drug-likeness (QED) is 0.650. The number of aromatic nitrogens is 1. The fourth-order valence-electron chi connectivity index (χ4n) is 1.97. The van der Waals surface area contributed by atoms with Crippen LogP contribution in [-0.2, 0) is 16.0 Å². The Morgan fingerprint density at radius 2 is 2.11 bits per heavy atom. The molecule has 5 heteroatoms. The van der Waals surface area contributed by atoms with Gasteiger partial charge in [-0.3, -0.25) is 9.59 Å². The second kappa shape index (κ2) is 5.56. The summed E-state index contributed by atoms with van der Waals surface area (Å²) in [6.45, 7) is 3.48. The highest BCUT2D eigenvalue weighted by Crippen LogP contribution is 2.23. The lowest BCUT2D eigenvalue weighted by molar-refractivity contribution is -0.131. The van der Waals surface area contributed by atoms with E-state index in [1.807, 2.05) is 12.3 Å². The Labute approximate surface area is 110 Å². The highest BCUT2D eigenvalue weighted by Gasteiger charge is 2.06. The number of amides is 1. The number of hydrogen-bond acceptors (Lipinski definition) is 3. The smallest absolute Gasteiger partial charge is 0.308 e. The van der Waals surface area contributed by atoms with Crippen molar-refractivity contribution in [2.75, 3.05) is 6.54 Å². The first kappa shape index (κ1) is 13.1.